The van der Waals surface area contributed by atoms with Crippen molar-refractivity contribution in [3.05, 3.63) is 191 Å². The third kappa shape index (κ3) is 11.1. The summed E-state index contributed by atoms with van der Waals surface area (Å²) < 4.78 is 16.5. The first-order valence-corrected chi connectivity index (χ1v) is 23.4. The molecule has 5 N–H and O–H groups in total. The maximum Gasteiger partial charge on any atom is 0.408 e. The molecular formula is C54H51N5O10S. The molecule has 3 heterocycles. The minimum atomic E-state index is -1.21. The number of alkyl carbamates (subject to hydrolysis) is 2. The van der Waals surface area contributed by atoms with E-state index in [2.05, 4.69) is 20.9 Å². The van der Waals surface area contributed by atoms with Crippen LogP contribution in [0.25, 0.3) is 17.2 Å². The highest BCUT2D eigenvalue weighted by Crippen LogP contribution is 2.54. The van der Waals surface area contributed by atoms with Crippen LogP contribution in [-0.2, 0) is 35.9 Å². The molecule has 358 valence electrons. The Morgan fingerprint density at radius 3 is 2.06 bits per heavy atom. The molecule has 0 bridgehead atoms. The number of hydrogen-bond acceptors (Lipinski definition) is 12. The van der Waals surface area contributed by atoms with E-state index in [1.165, 1.54) is 53.2 Å². The number of ether oxygens (including phenoxy) is 3. The van der Waals surface area contributed by atoms with Crippen LogP contribution in [0.15, 0.2) is 157 Å². The predicted octanol–water partition coefficient (Wildman–Crippen LogP) is 8.24. The molecular weight excluding hydrogens is 911 g/mol. The summed E-state index contributed by atoms with van der Waals surface area (Å²) in [5, 5.41) is 27.0. The van der Waals surface area contributed by atoms with Crippen LogP contribution < -0.4 is 16.0 Å². The fourth-order valence-corrected chi connectivity index (χ4v) is 9.81. The first kappa shape index (κ1) is 48.4. The van der Waals surface area contributed by atoms with Gasteiger partial charge in [-0.2, -0.15) is 0 Å². The van der Waals surface area contributed by atoms with Crippen molar-refractivity contribution in [2.45, 2.75) is 55.2 Å². The molecule has 2 aliphatic heterocycles. The first-order chi connectivity index (χ1) is 33.7. The number of pyridine rings is 1. The summed E-state index contributed by atoms with van der Waals surface area (Å²) in [6, 6.07) is 42.2. The Hall–Kier alpha value is -8.11. The summed E-state index contributed by atoms with van der Waals surface area (Å²) in [6.07, 6.45) is 0.730. The quantitative estimate of drug-likeness (QED) is 0.0155. The van der Waals surface area contributed by atoms with Crippen LogP contribution in [0.2, 0.25) is 0 Å². The molecule has 1 aromatic heterocycles. The van der Waals surface area contributed by atoms with Gasteiger partial charge in [0.1, 0.15) is 23.6 Å². The Bertz CT molecular complexity index is 2860. The highest BCUT2D eigenvalue weighted by molar-refractivity contribution is 8.02. The number of benzene rings is 5. The topological polar surface area (TPSA) is 206 Å². The van der Waals surface area contributed by atoms with Crippen LogP contribution in [0.3, 0.4) is 0 Å². The Labute approximate surface area is 408 Å². The zero-order valence-electron chi connectivity index (χ0n) is 38.5. The number of rotatable bonds is 16. The van der Waals surface area contributed by atoms with Gasteiger partial charge in [-0.15, -0.1) is 11.8 Å². The maximum atomic E-state index is 14.5. The van der Waals surface area contributed by atoms with Gasteiger partial charge in [0.25, 0.3) is 11.8 Å². The van der Waals surface area contributed by atoms with Crippen LogP contribution in [0.1, 0.15) is 65.2 Å². The number of thioether (sulfide) groups is 1. The summed E-state index contributed by atoms with van der Waals surface area (Å²) in [5.74, 6) is -2.25. The van der Waals surface area contributed by atoms with Crippen molar-refractivity contribution in [3.8, 4) is 22.6 Å². The average molecular weight is 962 g/mol. The second kappa shape index (κ2) is 21.0. The number of esters is 1. The van der Waals surface area contributed by atoms with Gasteiger partial charge >= 0.3 is 18.2 Å². The number of phenols is 2. The zero-order chi connectivity index (χ0) is 49.4. The van der Waals surface area contributed by atoms with E-state index in [9.17, 15) is 34.2 Å². The monoisotopic (exact) mass is 961 g/mol. The lowest BCUT2D eigenvalue weighted by Gasteiger charge is -2.40. The van der Waals surface area contributed by atoms with Crippen LogP contribution in [0, 0.1) is 0 Å². The highest BCUT2D eigenvalue weighted by atomic mass is 32.2. The normalized spacial score (nSPS) is 17.8. The minimum Gasteiger partial charge on any atom is -0.504 e. The van der Waals surface area contributed by atoms with Crippen molar-refractivity contribution in [2.24, 2.45) is 0 Å². The lowest BCUT2D eigenvalue weighted by Crippen LogP contribution is -2.60. The molecule has 8 rings (SSSR count). The van der Waals surface area contributed by atoms with E-state index in [0.29, 0.717) is 28.0 Å². The van der Waals surface area contributed by atoms with Crippen molar-refractivity contribution in [1.29, 1.82) is 0 Å². The van der Waals surface area contributed by atoms with Gasteiger partial charge in [0.15, 0.2) is 17.6 Å². The highest BCUT2D eigenvalue weighted by Gasteiger charge is 2.64. The molecule has 1 unspecified atom stereocenters. The predicted molar refractivity (Wildman–Crippen MR) is 263 cm³/mol. The second-order valence-electron chi connectivity index (χ2n) is 17.4. The summed E-state index contributed by atoms with van der Waals surface area (Å²) >= 11 is 1.26. The van der Waals surface area contributed by atoms with Gasteiger partial charge < -0.3 is 45.3 Å². The van der Waals surface area contributed by atoms with Gasteiger partial charge in [-0.3, -0.25) is 14.6 Å². The third-order valence-electron chi connectivity index (χ3n) is 11.9. The van der Waals surface area contributed by atoms with E-state index in [1.807, 2.05) is 115 Å². The van der Waals surface area contributed by atoms with Crippen LogP contribution in [0.5, 0.6) is 11.5 Å². The van der Waals surface area contributed by atoms with Crippen molar-refractivity contribution < 1.29 is 48.4 Å². The van der Waals surface area contributed by atoms with E-state index >= 15 is 0 Å². The van der Waals surface area contributed by atoms with Crippen LogP contribution in [-0.4, -0.2) is 85.9 Å². The molecule has 0 saturated carbocycles. The smallest absolute Gasteiger partial charge is 0.408 e. The van der Waals surface area contributed by atoms with E-state index < -0.39 is 57.8 Å². The van der Waals surface area contributed by atoms with Crippen LogP contribution >= 0.6 is 11.8 Å². The molecule has 5 aromatic carbocycles. The minimum absolute atomic E-state index is 0.0295. The SMILES string of the molecule is CC(C)(OC(=O)NCCNC(=O)c1ccnc(/C=C2/C(=O)N3C2S[C@@](C)(COC(=O)NCc2ccc(O)c(O)c2)[C@@H]3C(=O)OC(c2ccccc2)c2ccccc2)c1)c1ccc(-c2ccccc2)cc1. The molecule has 0 spiro atoms. The Kier molecular flexibility index (Phi) is 14.5. The van der Waals surface area contributed by atoms with E-state index in [0.717, 1.165) is 16.7 Å². The van der Waals surface area contributed by atoms with E-state index in [1.54, 1.807) is 26.8 Å². The summed E-state index contributed by atoms with van der Waals surface area (Å²) in [7, 11) is 0. The number of aromatic hydroxyl groups is 2. The molecule has 0 aliphatic carbocycles. The molecule has 70 heavy (non-hydrogen) atoms. The zero-order valence-corrected chi connectivity index (χ0v) is 39.4. The van der Waals surface area contributed by atoms with Crippen LogP contribution in [0.4, 0.5) is 9.59 Å². The number of phenolic OH excluding ortho intramolecular Hbond substituents is 2. The molecule has 2 fully saturated rings. The number of aromatic nitrogens is 1. The molecule has 6 aromatic rings. The molecule has 16 heteroatoms. The Balaban J connectivity index is 0.915. The number of carbonyl (C=O) groups is 5. The molecule has 4 amide bonds. The number of β-lactam (4-membered cyclic amide) rings is 1. The standard InChI is InChI=1S/C54H51N5O10S/c1-53(2,40-22-20-36(21-23-40)35-13-7-4-8-14-35)69-52(66)57-28-27-56-47(62)39-25-26-55-41(30-39)31-42-48(63)59-46(50(64)68-45(37-15-9-5-10-16-37)38-17-11-6-12-18-38)54(3,70-49(42)59)33-67-51(65)58-32-34-19-24-43(60)44(61)29-34/h4-26,29-31,45-46,49,60-61H,27-28,32-33H2,1-3H3,(H,56,62)(H,57,66)(H,58,65)/b42-31-/t46-,49?,54-/m0/s1. The molecule has 0 radical (unpaired) electrons. The number of amides is 4. The van der Waals surface area contributed by atoms with Gasteiger partial charge in [0, 0.05) is 31.4 Å². The summed E-state index contributed by atoms with van der Waals surface area (Å²) in [5.41, 5.74) is 4.83. The third-order valence-corrected chi connectivity index (χ3v) is 13.5. The van der Waals surface area contributed by atoms with Crippen molar-refractivity contribution in [1.82, 2.24) is 25.8 Å². The van der Waals surface area contributed by atoms with Crippen molar-refractivity contribution >= 4 is 47.8 Å². The number of hydrogen-bond donors (Lipinski definition) is 5. The van der Waals surface area contributed by atoms with E-state index in [4.69, 9.17) is 14.2 Å². The fraction of sp³-hybridized carbons (Fsp3) is 0.222. The van der Waals surface area contributed by atoms with Crippen molar-refractivity contribution in [3.63, 3.8) is 0 Å². The van der Waals surface area contributed by atoms with Crippen molar-refractivity contribution in [2.75, 3.05) is 19.7 Å². The number of nitrogens with one attached hydrogen (secondary N) is 3. The molecule has 2 aliphatic rings. The van der Waals surface area contributed by atoms with Gasteiger partial charge in [-0.1, -0.05) is 121 Å². The molecule has 3 atom stereocenters. The Morgan fingerprint density at radius 1 is 0.771 bits per heavy atom. The summed E-state index contributed by atoms with van der Waals surface area (Å²) in [4.78, 5) is 73.6. The number of fused-ring (bicyclic) bond motifs is 1. The summed E-state index contributed by atoms with van der Waals surface area (Å²) in [6.45, 7) is 5.17. The number of nitrogens with zero attached hydrogens (tertiary/aromatic N) is 2. The van der Waals surface area contributed by atoms with Gasteiger partial charge in [-0.05, 0) is 84.5 Å². The molecule has 15 nitrogen and oxygen atoms in total. The maximum absolute atomic E-state index is 14.5. The average Bonchev–Trinajstić information content (AvgIpc) is 3.65. The first-order valence-electron chi connectivity index (χ1n) is 22.5. The fourth-order valence-electron chi connectivity index (χ4n) is 8.21. The van der Waals surface area contributed by atoms with Gasteiger partial charge in [0.2, 0.25) is 0 Å². The largest absolute Gasteiger partial charge is 0.504 e. The molecule has 2 saturated heterocycles. The lowest BCUT2D eigenvalue weighted by molar-refractivity contribution is -0.161. The van der Waals surface area contributed by atoms with Gasteiger partial charge in [-0.25, -0.2) is 14.4 Å². The lowest BCUT2D eigenvalue weighted by atomic mass is 9.93. The van der Waals surface area contributed by atoms with Gasteiger partial charge in [0.05, 0.1) is 16.0 Å². The van der Waals surface area contributed by atoms with E-state index in [-0.39, 0.29) is 43.3 Å². The second-order valence-corrected chi connectivity index (χ2v) is 19.0. The number of carbonyl (C=O) groups excluding carboxylic acids is 5. The Morgan fingerprint density at radius 2 is 1.40 bits per heavy atom.